The number of para-hydroxylation sites is 1. The second-order valence-corrected chi connectivity index (χ2v) is 4.93. The van der Waals surface area contributed by atoms with Gasteiger partial charge in [0.2, 0.25) is 0 Å². The second-order valence-electron chi connectivity index (χ2n) is 4.93. The maximum Gasteiger partial charge on any atom is 0.274 e. The summed E-state index contributed by atoms with van der Waals surface area (Å²) in [6.45, 7) is 0.995. The standard InChI is InChI=1S/C16H14N2O5/c19-16(11-5-6-14-15(9-11)23-8-7-22-14)17-10-12-3-1-2-4-13(12)18(20)21/h1-6,9H,7-8,10H2,(H,17,19). The Labute approximate surface area is 132 Å². The fourth-order valence-electron chi connectivity index (χ4n) is 2.30. The van der Waals surface area contributed by atoms with Crippen LogP contribution in [0.5, 0.6) is 11.5 Å². The third-order valence-corrected chi connectivity index (χ3v) is 3.43. The van der Waals surface area contributed by atoms with Crippen molar-refractivity contribution in [2.24, 2.45) is 0 Å². The van der Waals surface area contributed by atoms with E-state index >= 15 is 0 Å². The number of benzene rings is 2. The van der Waals surface area contributed by atoms with E-state index < -0.39 is 4.92 Å². The van der Waals surface area contributed by atoms with Gasteiger partial charge in [0, 0.05) is 23.7 Å². The van der Waals surface area contributed by atoms with Gasteiger partial charge in [-0.25, -0.2) is 0 Å². The van der Waals surface area contributed by atoms with Crippen molar-refractivity contribution in [2.75, 3.05) is 13.2 Å². The van der Waals surface area contributed by atoms with Crippen LogP contribution in [0.15, 0.2) is 42.5 Å². The lowest BCUT2D eigenvalue weighted by molar-refractivity contribution is -0.385. The number of hydrogen-bond acceptors (Lipinski definition) is 5. The van der Waals surface area contributed by atoms with Crippen LogP contribution < -0.4 is 14.8 Å². The Morgan fingerprint density at radius 3 is 2.65 bits per heavy atom. The van der Waals surface area contributed by atoms with Crippen LogP contribution in [0.25, 0.3) is 0 Å². The molecule has 2 aromatic rings. The molecule has 3 rings (SSSR count). The van der Waals surface area contributed by atoms with E-state index in [9.17, 15) is 14.9 Å². The van der Waals surface area contributed by atoms with Crippen LogP contribution in [0.4, 0.5) is 5.69 Å². The number of carbonyl (C=O) groups excluding carboxylic acids is 1. The zero-order valence-corrected chi connectivity index (χ0v) is 12.2. The Balaban J connectivity index is 1.72. The van der Waals surface area contributed by atoms with Crippen molar-refractivity contribution in [2.45, 2.75) is 6.54 Å². The van der Waals surface area contributed by atoms with Gasteiger partial charge >= 0.3 is 0 Å². The molecule has 0 aliphatic carbocycles. The lowest BCUT2D eigenvalue weighted by Crippen LogP contribution is -2.23. The quantitative estimate of drug-likeness (QED) is 0.690. The molecule has 0 unspecified atom stereocenters. The van der Waals surface area contributed by atoms with E-state index in [1.807, 2.05) is 0 Å². The molecule has 0 fully saturated rings. The minimum Gasteiger partial charge on any atom is -0.486 e. The Kier molecular flexibility index (Phi) is 4.09. The van der Waals surface area contributed by atoms with E-state index in [-0.39, 0.29) is 18.1 Å². The van der Waals surface area contributed by atoms with Gasteiger partial charge < -0.3 is 14.8 Å². The molecule has 7 heteroatoms. The molecular formula is C16H14N2O5. The summed E-state index contributed by atoms with van der Waals surface area (Å²) in [6, 6.07) is 11.2. The number of nitro benzene ring substituents is 1. The number of amides is 1. The number of nitro groups is 1. The number of ether oxygens (including phenoxy) is 2. The largest absolute Gasteiger partial charge is 0.486 e. The zero-order valence-electron chi connectivity index (χ0n) is 12.2. The van der Waals surface area contributed by atoms with Crippen LogP contribution in [0.1, 0.15) is 15.9 Å². The Morgan fingerprint density at radius 1 is 1.13 bits per heavy atom. The Bertz CT molecular complexity index is 760. The lowest BCUT2D eigenvalue weighted by Gasteiger charge is -2.18. The van der Waals surface area contributed by atoms with Crippen LogP contribution in [-0.2, 0) is 6.54 Å². The summed E-state index contributed by atoms with van der Waals surface area (Å²) < 4.78 is 10.8. The number of rotatable bonds is 4. The minimum absolute atomic E-state index is 0.0185. The molecule has 7 nitrogen and oxygen atoms in total. The molecule has 118 valence electrons. The molecule has 1 aliphatic rings. The van der Waals surface area contributed by atoms with Gasteiger partial charge in [-0.2, -0.15) is 0 Å². The van der Waals surface area contributed by atoms with Crippen LogP contribution in [0.3, 0.4) is 0 Å². The molecule has 23 heavy (non-hydrogen) atoms. The van der Waals surface area contributed by atoms with Crippen molar-refractivity contribution in [3.63, 3.8) is 0 Å². The lowest BCUT2D eigenvalue weighted by atomic mass is 10.1. The van der Waals surface area contributed by atoms with Crippen molar-refractivity contribution in [3.8, 4) is 11.5 Å². The fourth-order valence-corrected chi connectivity index (χ4v) is 2.30. The summed E-state index contributed by atoms with van der Waals surface area (Å²) in [5.74, 6) is 0.793. The molecule has 1 amide bonds. The minimum atomic E-state index is -0.467. The number of nitrogens with one attached hydrogen (secondary N) is 1. The highest BCUT2D eigenvalue weighted by Gasteiger charge is 2.16. The van der Waals surface area contributed by atoms with Gasteiger partial charge in [-0.05, 0) is 18.2 Å². The van der Waals surface area contributed by atoms with Crippen molar-refractivity contribution in [1.82, 2.24) is 5.32 Å². The van der Waals surface area contributed by atoms with Gasteiger partial charge in [0.05, 0.1) is 4.92 Å². The highest BCUT2D eigenvalue weighted by atomic mass is 16.6. The van der Waals surface area contributed by atoms with Crippen molar-refractivity contribution in [3.05, 3.63) is 63.7 Å². The molecule has 1 N–H and O–H groups in total. The molecule has 0 atom stereocenters. The Morgan fingerprint density at radius 2 is 1.87 bits per heavy atom. The van der Waals surface area contributed by atoms with E-state index in [1.54, 1.807) is 36.4 Å². The first kappa shape index (κ1) is 14.8. The number of fused-ring (bicyclic) bond motifs is 1. The SMILES string of the molecule is O=C(NCc1ccccc1[N+](=O)[O-])c1ccc2c(c1)OCCO2. The molecule has 1 heterocycles. The fraction of sp³-hybridized carbons (Fsp3) is 0.188. The number of nitrogens with zero attached hydrogens (tertiary/aromatic N) is 1. The predicted molar refractivity (Wildman–Crippen MR) is 81.7 cm³/mol. The summed E-state index contributed by atoms with van der Waals surface area (Å²) in [5.41, 5.74) is 0.839. The highest BCUT2D eigenvalue weighted by molar-refractivity contribution is 5.94. The van der Waals surface area contributed by atoms with Gasteiger partial charge in [0.25, 0.3) is 11.6 Å². The van der Waals surface area contributed by atoms with E-state index in [0.29, 0.717) is 35.8 Å². The third-order valence-electron chi connectivity index (χ3n) is 3.43. The normalized spacial score (nSPS) is 12.5. The maximum atomic E-state index is 12.2. The monoisotopic (exact) mass is 314 g/mol. The van der Waals surface area contributed by atoms with E-state index in [4.69, 9.17) is 9.47 Å². The molecular weight excluding hydrogens is 300 g/mol. The molecule has 0 bridgehead atoms. The molecule has 0 saturated heterocycles. The zero-order chi connectivity index (χ0) is 16.2. The third kappa shape index (κ3) is 3.23. The summed E-state index contributed by atoms with van der Waals surface area (Å²) in [6.07, 6.45) is 0. The van der Waals surface area contributed by atoms with Crippen LogP contribution in [0.2, 0.25) is 0 Å². The average Bonchev–Trinajstić information content (AvgIpc) is 2.59. The van der Waals surface area contributed by atoms with Crippen molar-refractivity contribution in [1.29, 1.82) is 0 Å². The van der Waals surface area contributed by atoms with E-state index in [2.05, 4.69) is 5.32 Å². The van der Waals surface area contributed by atoms with Crippen molar-refractivity contribution < 1.29 is 19.2 Å². The summed E-state index contributed by atoms with van der Waals surface area (Å²) >= 11 is 0. The topological polar surface area (TPSA) is 90.7 Å². The Hall–Kier alpha value is -3.09. The van der Waals surface area contributed by atoms with Crippen LogP contribution >= 0.6 is 0 Å². The summed E-state index contributed by atoms with van der Waals surface area (Å²) in [4.78, 5) is 22.7. The van der Waals surface area contributed by atoms with Gasteiger partial charge in [-0.1, -0.05) is 18.2 Å². The first-order valence-electron chi connectivity index (χ1n) is 7.05. The summed E-state index contributed by atoms with van der Waals surface area (Å²) in [7, 11) is 0. The smallest absolute Gasteiger partial charge is 0.274 e. The molecule has 2 aromatic carbocycles. The van der Waals surface area contributed by atoms with Crippen LogP contribution in [-0.4, -0.2) is 24.0 Å². The molecule has 0 radical (unpaired) electrons. The van der Waals surface area contributed by atoms with E-state index in [0.717, 1.165) is 0 Å². The van der Waals surface area contributed by atoms with E-state index in [1.165, 1.54) is 6.07 Å². The maximum absolute atomic E-state index is 12.2. The number of hydrogen-bond donors (Lipinski definition) is 1. The van der Waals surface area contributed by atoms with Crippen LogP contribution in [0, 0.1) is 10.1 Å². The predicted octanol–water partition coefficient (Wildman–Crippen LogP) is 2.30. The second kappa shape index (κ2) is 6.35. The van der Waals surface area contributed by atoms with Gasteiger partial charge in [0.1, 0.15) is 13.2 Å². The highest BCUT2D eigenvalue weighted by Crippen LogP contribution is 2.30. The van der Waals surface area contributed by atoms with Gasteiger partial charge in [-0.3, -0.25) is 14.9 Å². The van der Waals surface area contributed by atoms with Crippen molar-refractivity contribution >= 4 is 11.6 Å². The number of carbonyl (C=O) groups is 1. The molecule has 1 aliphatic heterocycles. The average molecular weight is 314 g/mol. The molecule has 0 spiro atoms. The molecule has 0 aromatic heterocycles. The first-order chi connectivity index (χ1) is 11.1. The summed E-state index contributed by atoms with van der Waals surface area (Å²) in [5, 5.41) is 13.6. The van der Waals surface area contributed by atoms with Gasteiger partial charge in [-0.15, -0.1) is 0 Å². The van der Waals surface area contributed by atoms with Gasteiger partial charge in [0.15, 0.2) is 11.5 Å². The molecule has 0 saturated carbocycles. The first-order valence-corrected chi connectivity index (χ1v) is 7.05.